The summed E-state index contributed by atoms with van der Waals surface area (Å²) < 4.78 is 25.0. The van der Waals surface area contributed by atoms with Crippen LogP contribution in [-0.4, -0.2) is 74.4 Å². The van der Waals surface area contributed by atoms with E-state index in [0.29, 0.717) is 31.3 Å². The van der Waals surface area contributed by atoms with Crippen LogP contribution in [0.4, 0.5) is 0 Å². The number of phenols is 2. The molecule has 0 saturated carbocycles. The van der Waals surface area contributed by atoms with E-state index >= 15 is 0 Å². The van der Waals surface area contributed by atoms with E-state index in [1.165, 1.54) is 22.3 Å². The van der Waals surface area contributed by atoms with Crippen LogP contribution in [0.1, 0.15) is 133 Å². The molecule has 432 valence electrons. The van der Waals surface area contributed by atoms with Crippen LogP contribution in [0.25, 0.3) is 32.7 Å². The molecule has 7 aromatic carbocycles. The van der Waals surface area contributed by atoms with Crippen molar-refractivity contribution in [3.8, 4) is 22.6 Å². The predicted molar refractivity (Wildman–Crippen MR) is 330 cm³/mol. The molecule has 0 aliphatic heterocycles. The van der Waals surface area contributed by atoms with E-state index in [4.69, 9.17) is 23.7 Å². The summed E-state index contributed by atoms with van der Waals surface area (Å²) in [5.41, 5.74) is 6.07. The van der Waals surface area contributed by atoms with E-state index in [1.807, 2.05) is 200 Å². The first-order valence-corrected chi connectivity index (χ1v) is 28.1. The number of fused-ring (bicyclic) bond motifs is 5. The summed E-state index contributed by atoms with van der Waals surface area (Å²) in [4.78, 5) is 33.8. The highest BCUT2D eigenvalue weighted by molar-refractivity contribution is 5.88. The normalized spacial score (nSPS) is 11.0. The first-order valence-electron chi connectivity index (χ1n) is 28.1. The molecule has 79 heavy (non-hydrogen) atoms. The lowest BCUT2D eigenvalue weighted by molar-refractivity contribution is -0.156. The first kappa shape index (κ1) is 72.0. The SMILES string of the molecule is CC.CC.CC.CCCCOC(=O)C(C)C.COCC(C)OC(=O)C(C)(C)c1ccccc1.COCC(C)OC(=O)C(C)C.Oc1cccc2ccccc12.Oc1cccc2ccccc12.c1ccc2c(c1)Cc1ccccc1-2. The second-order valence-electron chi connectivity index (χ2n) is 18.7. The monoisotopic (exact) mass is 1080 g/mol. The summed E-state index contributed by atoms with van der Waals surface area (Å²) in [5, 5.41) is 22.7. The quantitative estimate of drug-likeness (QED) is 0.0652. The van der Waals surface area contributed by atoms with Gasteiger partial charge in [-0.15, -0.1) is 0 Å². The molecule has 1 aliphatic carbocycles. The fraction of sp³-hybridized carbons (Fsp3) is 0.406. The van der Waals surface area contributed by atoms with Gasteiger partial charge in [0.05, 0.1) is 37.1 Å². The van der Waals surface area contributed by atoms with Crippen LogP contribution in [0, 0.1) is 11.8 Å². The number of methoxy groups -OCH3 is 2. The van der Waals surface area contributed by atoms with Gasteiger partial charge in [-0.2, -0.15) is 0 Å². The molecule has 2 atom stereocenters. The van der Waals surface area contributed by atoms with Crippen molar-refractivity contribution in [1.82, 2.24) is 0 Å². The van der Waals surface area contributed by atoms with Crippen molar-refractivity contribution in [3.63, 3.8) is 0 Å². The van der Waals surface area contributed by atoms with Gasteiger partial charge in [-0.3, -0.25) is 14.4 Å². The molecule has 10 heteroatoms. The number of carbonyl (C=O) groups is 3. The zero-order valence-electron chi connectivity index (χ0n) is 50.8. The number of rotatable bonds is 13. The second kappa shape index (κ2) is 42.0. The lowest BCUT2D eigenvalue weighted by Crippen LogP contribution is -2.34. The van der Waals surface area contributed by atoms with Gasteiger partial charge in [0.15, 0.2) is 0 Å². The van der Waals surface area contributed by atoms with Crippen LogP contribution in [0.3, 0.4) is 0 Å². The molecule has 0 spiro atoms. The minimum atomic E-state index is -0.636. The van der Waals surface area contributed by atoms with E-state index in [-0.39, 0.29) is 42.0 Å². The molecular formula is C69H96O10. The van der Waals surface area contributed by atoms with E-state index in [0.717, 1.165) is 46.4 Å². The lowest BCUT2D eigenvalue weighted by atomic mass is 9.85. The topological polar surface area (TPSA) is 138 Å². The van der Waals surface area contributed by atoms with Gasteiger partial charge in [0.25, 0.3) is 0 Å². The van der Waals surface area contributed by atoms with Gasteiger partial charge in [-0.25, -0.2) is 0 Å². The molecule has 0 saturated heterocycles. The molecule has 7 aromatic rings. The molecule has 0 amide bonds. The Morgan fingerprint density at radius 1 is 0.494 bits per heavy atom. The van der Waals surface area contributed by atoms with Gasteiger partial charge in [-0.1, -0.05) is 234 Å². The van der Waals surface area contributed by atoms with E-state index in [9.17, 15) is 24.6 Å². The Labute approximate surface area is 475 Å². The molecule has 1 aliphatic rings. The first-order chi connectivity index (χ1) is 37.9. The van der Waals surface area contributed by atoms with Crippen molar-refractivity contribution < 1.29 is 48.3 Å². The van der Waals surface area contributed by atoms with Gasteiger partial charge in [0.1, 0.15) is 23.7 Å². The maximum Gasteiger partial charge on any atom is 0.316 e. The second-order valence-corrected chi connectivity index (χ2v) is 18.7. The molecule has 2 N–H and O–H groups in total. The maximum absolute atomic E-state index is 12.1. The van der Waals surface area contributed by atoms with Crippen LogP contribution in [-0.2, 0) is 49.9 Å². The molecule has 0 radical (unpaired) electrons. The molecule has 0 heterocycles. The summed E-state index contributed by atoms with van der Waals surface area (Å²) in [6.07, 6.45) is 2.78. The Morgan fingerprint density at radius 2 is 0.873 bits per heavy atom. The van der Waals surface area contributed by atoms with Gasteiger partial charge in [-0.05, 0) is 91.3 Å². The molecule has 2 unspecified atom stereocenters. The number of carbonyl (C=O) groups excluding carboxylic acids is 3. The van der Waals surface area contributed by atoms with E-state index < -0.39 is 5.41 Å². The number of unbranched alkanes of at least 4 members (excludes halogenated alkanes) is 1. The molecule has 0 bridgehead atoms. The molecule has 10 nitrogen and oxygen atoms in total. The number of benzene rings is 7. The molecule has 0 fully saturated rings. The highest BCUT2D eigenvalue weighted by Crippen LogP contribution is 2.35. The van der Waals surface area contributed by atoms with Crippen LogP contribution in [0.5, 0.6) is 11.5 Å². The highest BCUT2D eigenvalue weighted by atomic mass is 16.6. The summed E-state index contributed by atoms with van der Waals surface area (Å²) in [5.74, 6) is 0.161. The number of esters is 3. The predicted octanol–water partition coefficient (Wildman–Crippen LogP) is 17.2. The highest BCUT2D eigenvalue weighted by Gasteiger charge is 2.32. The van der Waals surface area contributed by atoms with Crippen molar-refractivity contribution in [2.75, 3.05) is 34.0 Å². The fourth-order valence-electron chi connectivity index (χ4n) is 7.15. The number of ether oxygens (including phenoxy) is 5. The third-order valence-electron chi connectivity index (χ3n) is 11.4. The third kappa shape index (κ3) is 26.9. The molecule has 8 rings (SSSR count). The summed E-state index contributed by atoms with van der Waals surface area (Å²) in [6, 6.07) is 53.5. The Kier molecular flexibility index (Phi) is 38.3. The van der Waals surface area contributed by atoms with Crippen molar-refractivity contribution in [2.24, 2.45) is 11.8 Å². The maximum atomic E-state index is 12.1. The van der Waals surface area contributed by atoms with Crippen LogP contribution < -0.4 is 0 Å². The Morgan fingerprint density at radius 3 is 1.28 bits per heavy atom. The minimum absolute atomic E-state index is 0.0110. The molecule has 0 aromatic heterocycles. The average molecular weight is 1090 g/mol. The van der Waals surface area contributed by atoms with E-state index in [2.05, 4.69) is 55.5 Å². The summed E-state index contributed by atoms with van der Waals surface area (Å²) in [7, 11) is 3.17. The Hall–Kier alpha value is -7.01. The standard InChI is InChI=1S/C14H20O3.C13H10.2C10H8O.C8H16O3.C8H16O2.3C2H6/c1-11(10-16-4)17-13(15)14(2,3)12-8-6-5-7-9-12;1-3-7-12-10(5-1)9-11-6-2-4-8-13(11)12;2*11-10-7-3-5-8-4-1-2-6-9(8)10;1-6(2)8(9)11-7(3)5-10-4;1-4-5-6-10-8(9)7(2)3;3*1-2/h5-9,11H,10H2,1-4H3;1-8H,9H2;2*1-7,11H;6-7H,5H2,1-4H3;7H,4-6H2,1-3H3;3*1-2H3. The lowest BCUT2D eigenvalue weighted by Gasteiger charge is -2.25. The van der Waals surface area contributed by atoms with Crippen LogP contribution in [0.15, 0.2) is 164 Å². The van der Waals surface area contributed by atoms with Crippen molar-refractivity contribution in [2.45, 2.75) is 141 Å². The van der Waals surface area contributed by atoms with Gasteiger partial charge >= 0.3 is 17.9 Å². The number of phenolic OH excluding ortho intramolecular Hbond substituents is 2. The zero-order valence-corrected chi connectivity index (χ0v) is 50.8. The van der Waals surface area contributed by atoms with Gasteiger partial charge in [0, 0.05) is 25.0 Å². The number of hydrogen-bond donors (Lipinski definition) is 2. The molecular weight excluding hydrogens is 989 g/mol. The Bertz CT molecular complexity index is 2580. The van der Waals surface area contributed by atoms with Crippen molar-refractivity contribution in [3.05, 3.63) is 180 Å². The smallest absolute Gasteiger partial charge is 0.316 e. The Balaban J connectivity index is 0.000000913. The summed E-state index contributed by atoms with van der Waals surface area (Å²) in [6.45, 7) is 30.2. The summed E-state index contributed by atoms with van der Waals surface area (Å²) >= 11 is 0. The fourth-order valence-corrected chi connectivity index (χ4v) is 7.15. The third-order valence-corrected chi connectivity index (χ3v) is 11.4. The van der Waals surface area contributed by atoms with E-state index in [1.54, 1.807) is 26.4 Å². The van der Waals surface area contributed by atoms with Crippen molar-refractivity contribution in [1.29, 1.82) is 0 Å². The van der Waals surface area contributed by atoms with Crippen LogP contribution >= 0.6 is 0 Å². The number of aromatic hydroxyl groups is 2. The minimum Gasteiger partial charge on any atom is -0.507 e. The largest absolute Gasteiger partial charge is 0.507 e. The number of hydrogen-bond acceptors (Lipinski definition) is 10. The van der Waals surface area contributed by atoms with Crippen LogP contribution in [0.2, 0.25) is 0 Å². The zero-order chi connectivity index (χ0) is 59.8. The van der Waals surface area contributed by atoms with Gasteiger partial charge in [0.2, 0.25) is 0 Å². The van der Waals surface area contributed by atoms with Gasteiger partial charge < -0.3 is 33.9 Å². The average Bonchev–Trinajstić information content (AvgIpc) is 3.86. The van der Waals surface area contributed by atoms with Crippen molar-refractivity contribution >= 4 is 39.5 Å².